The molecule has 0 spiro atoms. The fraction of sp³-hybridized carbons (Fsp3) is 0.368. The fourth-order valence-corrected chi connectivity index (χ4v) is 2.32. The molecule has 1 aromatic heterocycles. The number of ether oxygens (including phenoxy) is 2. The normalized spacial score (nSPS) is 10.8. The first-order valence-electron chi connectivity index (χ1n) is 8.56. The molecule has 0 aliphatic carbocycles. The predicted octanol–water partition coefficient (Wildman–Crippen LogP) is 4.05. The molecule has 26 heavy (non-hydrogen) atoms. The van der Waals surface area contributed by atoms with E-state index in [0.717, 1.165) is 24.4 Å². The van der Waals surface area contributed by atoms with Crippen molar-refractivity contribution >= 4 is 29.9 Å². The van der Waals surface area contributed by atoms with Crippen molar-refractivity contribution in [3.8, 4) is 17.4 Å². The van der Waals surface area contributed by atoms with Crippen LogP contribution >= 0.6 is 24.0 Å². The lowest BCUT2D eigenvalue weighted by Gasteiger charge is -2.19. The van der Waals surface area contributed by atoms with Crippen molar-refractivity contribution in [3.05, 3.63) is 48.2 Å². The van der Waals surface area contributed by atoms with E-state index in [1.807, 2.05) is 48.2 Å². The van der Waals surface area contributed by atoms with Gasteiger partial charge in [-0.15, -0.1) is 24.0 Å². The van der Waals surface area contributed by atoms with Crippen molar-refractivity contribution in [3.63, 3.8) is 0 Å². The third-order valence-corrected chi connectivity index (χ3v) is 3.67. The number of hydrogen-bond acceptors (Lipinski definition) is 4. The van der Waals surface area contributed by atoms with Crippen LogP contribution in [-0.2, 0) is 6.54 Å². The molecule has 6 nitrogen and oxygen atoms in total. The molecule has 0 unspecified atom stereocenters. The first-order chi connectivity index (χ1) is 12.2. The summed E-state index contributed by atoms with van der Waals surface area (Å²) in [6, 6.07) is 11.2. The van der Waals surface area contributed by atoms with Crippen LogP contribution in [-0.4, -0.2) is 35.5 Å². The second kappa shape index (κ2) is 11.6. The molecule has 2 aromatic rings. The lowest BCUT2D eigenvalue weighted by Crippen LogP contribution is -2.37. The smallest absolute Gasteiger partial charge is 0.219 e. The monoisotopic (exact) mass is 470 g/mol. The Morgan fingerprint density at radius 1 is 1.08 bits per heavy atom. The topological polar surface area (TPSA) is 73.0 Å². The van der Waals surface area contributed by atoms with E-state index in [-0.39, 0.29) is 24.0 Å². The summed E-state index contributed by atoms with van der Waals surface area (Å²) in [5.74, 6) is 2.60. The van der Waals surface area contributed by atoms with Gasteiger partial charge in [0.1, 0.15) is 11.5 Å². The molecule has 1 heterocycles. The summed E-state index contributed by atoms with van der Waals surface area (Å²) in [5.41, 5.74) is 7.00. The van der Waals surface area contributed by atoms with Crippen LogP contribution < -0.4 is 15.2 Å². The maximum Gasteiger partial charge on any atom is 0.219 e. The summed E-state index contributed by atoms with van der Waals surface area (Å²) in [4.78, 5) is 10.7. The van der Waals surface area contributed by atoms with E-state index < -0.39 is 0 Å². The minimum Gasteiger partial charge on any atom is -0.494 e. The number of pyridine rings is 1. The highest BCUT2D eigenvalue weighted by molar-refractivity contribution is 14.0. The zero-order valence-electron chi connectivity index (χ0n) is 15.5. The second-order valence-electron chi connectivity index (χ2n) is 5.36. The molecule has 0 amide bonds. The molecule has 2 N–H and O–H groups in total. The number of aliphatic imine (C=N–C) groups is 1. The van der Waals surface area contributed by atoms with Gasteiger partial charge in [-0.1, -0.05) is 0 Å². The van der Waals surface area contributed by atoms with Crippen LogP contribution in [0.3, 0.4) is 0 Å². The summed E-state index contributed by atoms with van der Waals surface area (Å²) in [6.07, 6.45) is 1.71. The van der Waals surface area contributed by atoms with Crippen molar-refractivity contribution in [2.24, 2.45) is 10.7 Å². The highest BCUT2D eigenvalue weighted by Gasteiger charge is 2.04. The molecule has 0 radical (unpaired) electrons. The lowest BCUT2D eigenvalue weighted by atomic mass is 10.2. The van der Waals surface area contributed by atoms with Crippen molar-refractivity contribution in [2.45, 2.75) is 27.3 Å². The number of aromatic nitrogens is 1. The Kier molecular flexibility index (Phi) is 9.79. The Bertz CT molecular complexity index is 688. The molecule has 0 fully saturated rings. The van der Waals surface area contributed by atoms with Gasteiger partial charge in [-0.2, -0.15) is 0 Å². The molecular weight excluding hydrogens is 443 g/mol. The molecule has 0 saturated carbocycles. The zero-order valence-corrected chi connectivity index (χ0v) is 17.8. The van der Waals surface area contributed by atoms with Gasteiger partial charge in [-0.05, 0) is 56.7 Å². The molecular formula is C19H27IN4O2. The molecule has 7 heteroatoms. The van der Waals surface area contributed by atoms with Crippen LogP contribution in [0.4, 0.5) is 0 Å². The highest BCUT2D eigenvalue weighted by Crippen LogP contribution is 2.23. The maximum atomic E-state index is 6.00. The quantitative estimate of drug-likeness (QED) is 0.358. The van der Waals surface area contributed by atoms with Gasteiger partial charge in [-0.25, -0.2) is 9.98 Å². The van der Waals surface area contributed by atoms with Crippen molar-refractivity contribution in [2.75, 3.05) is 19.7 Å². The van der Waals surface area contributed by atoms with Crippen LogP contribution in [0.5, 0.6) is 17.4 Å². The summed E-state index contributed by atoms with van der Waals surface area (Å²) in [6.45, 7) is 8.88. The number of hydrogen-bond donors (Lipinski definition) is 1. The van der Waals surface area contributed by atoms with Crippen LogP contribution in [0.25, 0.3) is 0 Å². The fourth-order valence-electron chi connectivity index (χ4n) is 2.32. The van der Waals surface area contributed by atoms with Gasteiger partial charge >= 0.3 is 0 Å². The highest BCUT2D eigenvalue weighted by atomic mass is 127. The molecule has 142 valence electrons. The first kappa shape index (κ1) is 22.0. The molecule has 0 bridgehead atoms. The average Bonchev–Trinajstić information content (AvgIpc) is 2.63. The third kappa shape index (κ3) is 6.70. The van der Waals surface area contributed by atoms with Gasteiger partial charge < -0.3 is 20.1 Å². The van der Waals surface area contributed by atoms with Gasteiger partial charge in [0, 0.05) is 25.4 Å². The Morgan fingerprint density at radius 2 is 1.73 bits per heavy atom. The van der Waals surface area contributed by atoms with E-state index in [9.17, 15) is 0 Å². The molecule has 2 rings (SSSR count). The Balaban J connectivity index is 0.00000338. The standard InChI is InChI=1S/C19H26N4O2.HI/c1-4-23(5-2)19(20)22-14-15-11-12-21-18(13-15)25-17-9-7-16(8-10-17)24-6-3;/h7-13H,4-6,14H2,1-3H3,(H2,20,22);1H. The average molecular weight is 470 g/mol. The lowest BCUT2D eigenvalue weighted by molar-refractivity contribution is 0.339. The van der Waals surface area contributed by atoms with Crippen molar-refractivity contribution < 1.29 is 9.47 Å². The minimum absolute atomic E-state index is 0. The number of nitrogens with two attached hydrogens (primary N) is 1. The Labute approximate surface area is 172 Å². The SMILES string of the molecule is CCOc1ccc(Oc2cc(CN=C(N)N(CC)CC)ccn2)cc1.I. The van der Waals surface area contributed by atoms with Gasteiger partial charge in [0.15, 0.2) is 5.96 Å². The molecule has 0 aliphatic heterocycles. The molecule has 1 aromatic carbocycles. The van der Waals surface area contributed by atoms with Gasteiger partial charge in [0.25, 0.3) is 0 Å². The minimum atomic E-state index is 0. The van der Waals surface area contributed by atoms with Crippen LogP contribution in [0.15, 0.2) is 47.6 Å². The number of nitrogens with zero attached hydrogens (tertiary/aromatic N) is 3. The Morgan fingerprint density at radius 3 is 2.35 bits per heavy atom. The molecule has 0 atom stereocenters. The van der Waals surface area contributed by atoms with E-state index in [4.69, 9.17) is 15.2 Å². The van der Waals surface area contributed by atoms with E-state index in [1.54, 1.807) is 6.20 Å². The second-order valence-corrected chi connectivity index (χ2v) is 5.36. The van der Waals surface area contributed by atoms with E-state index in [1.165, 1.54) is 0 Å². The zero-order chi connectivity index (χ0) is 18.1. The van der Waals surface area contributed by atoms with Gasteiger partial charge in [-0.3, -0.25) is 0 Å². The third-order valence-electron chi connectivity index (χ3n) is 3.67. The molecule has 0 saturated heterocycles. The van der Waals surface area contributed by atoms with Crippen LogP contribution in [0.2, 0.25) is 0 Å². The summed E-state index contributed by atoms with van der Waals surface area (Å²) >= 11 is 0. The van der Waals surface area contributed by atoms with Gasteiger partial charge in [0.05, 0.1) is 13.2 Å². The van der Waals surface area contributed by atoms with Crippen LogP contribution in [0, 0.1) is 0 Å². The van der Waals surface area contributed by atoms with Crippen molar-refractivity contribution in [1.82, 2.24) is 9.88 Å². The largest absolute Gasteiger partial charge is 0.494 e. The predicted molar refractivity (Wildman–Crippen MR) is 116 cm³/mol. The summed E-state index contributed by atoms with van der Waals surface area (Å²) < 4.78 is 11.2. The number of benzene rings is 1. The van der Waals surface area contributed by atoms with Gasteiger partial charge in [0.2, 0.25) is 5.88 Å². The first-order valence-corrected chi connectivity index (χ1v) is 8.56. The maximum absolute atomic E-state index is 6.00. The summed E-state index contributed by atoms with van der Waals surface area (Å²) in [5, 5.41) is 0. The van der Waals surface area contributed by atoms with Crippen molar-refractivity contribution in [1.29, 1.82) is 0 Å². The number of rotatable bonds is 8. The Hall–Kier alpha value is -2.03. The number of halogens is 1. The van der Waals surface area contributed by atoms with E-state index in [0.29, 0.717) is 30.7 Å². The van der Waals surface area contributed by atoms with E-state index in [2.05, 4.69) is 23.8 Å². The van der Waals surface area contributed by atoms with Crippen LogP contribution in [0.1, 0.15) is 26.3 Å². The summed E-state index contributed by atoms with van der Waals surface area (Å²) in [7, 11) is 0. The molecule has 0 aliphatic rings. The number of guanidine groups is 1. The van der Waals surface area contributed by atoms with E-state index >= 15 is 0 Å².